The number of nitrogens with zero attached hydrogens (tertiary/aromatic N) is 5. The smallest absolute Gasteiger partial charge is 0.207 e. The SMILES string of the molecule is C=CC1=C2CN(S(=O)(=O)c3ccc(C)cc3)CCCC2C(C#N)(C#N)C(C#N)(C#N)C1. The Labute approximate surface area is 182 Å². The summed E-state index contributed by atoms with van der Waals surface area (Å²) in [6.45, 7) is 5.85. The fraction of sp³-hybridized carbons (Fsp3) is 0.391. The van der Waals surface area contributed by atoms with E-state index in [1.165, 1.54) is 10.4 Å². The molecule has 1 aromatic carbocycles. The summed E-state index contributed by atoms with van der Waals surface area (Å²) in [5, 5.41) is 39.7. The summed E-state index contributed by atoms with van der Waals surface area (Å²) in [6.07, 6.45) is 2.07. The Balaban J connectivity index is 2.16. The van der Waals surface area contributed by atoms with Crippen LogP contribution in [0.25, 0.3) is 0 Å². The molecule has 0 bridgehead atoms. The van der Waals surface area contributed by atoms with Gasteiger partial charge in [-0.1, -0.05) is 30.4 Å². The zero-order valence-corrected chi connectivity index (χ0v) is 18.0. The van der Waals surface area contributed by atoms with E-state index in [2.05, 4.69) is 6.58 Å². The number of hydrogen-bond donors (Lipinski definition) is 0. The fourth-order valence-electron chi connectivity index (χ4n) is 4.58. The molecule has 1 aliphatic heterocycles. The molecule has 7 nitrogen and oxygen atoms in total. The standard InChI is InChI=1S/C23H21N5O2S/c1-3-18-11-22(13-24,14-25)23(15-26,16-27)21-5-4-10-28(12-20(18)21)31(29,30)19-8-6-17(2)7-9-19/h3,6-9,21H,1,4-5,10-12H2,2H3. The maximum Gasteiger partial charge on any atom is 0.243 e. The van der Waals surface area contributed by atoms with Crippen LogP contribution >= 0.6 is 0 Å². The third-order valence-corrected chi connectivity index (χ3v) is 8.23. The second-order valence-electron chi connectivity index (χ2n) is 7.94. The molecule has 1 unspecified atom stereocenters. The molecule has 1 aromatic rings. The van der Waals surface area contributed by atoms with Gasteiger partial charge in [0, 0.05) is 25.4 Å². The summed E-state index contributed by atoms with van der Waals surface area (Å²) in [7, 11) is -3.81. The normalized spacial score (nSPS) is 22.5. The maximum absolute atomic E-state index is 13.3. The van der Waals surface area contributed by atoms with Crippen LogP contribution in [0.1, 0.15) is 24.8 Å². The van der Waals surface area contributed by atoms with Gasteiger partial charge in [0.25, 0.3) is 0 Å². The van der Waals surface area contributed by atoms with Crippen molar-refractivity contribution in [3.05, 3.63) is 53.6 Å². The minimum atomic E-state index is -3.81. The van der Waals surface area contributed by atoms with E-state index >= 15 is 0 Å². The largest absolute Gasteiger partial charge is 0.243 e. The van der Waals surface area contributed by atoms with Gasteiger partial charge >= 0.3 is 0 Å². The highest BCUT2D eigenvalue weighted by Crippen LogP contribution is 2.57. The molecule has 1 aliphatic carbocycles. The van der Waals surface area contributed by atoms with Gasteiger partial charge in [-0.05, 0) is 43.0 Å². The molecule has 156 valence electrons. The van der Waals surface area contributed by atoms with Gasteiger partial charge in [0.2, 0.25) is 10.0 Å². The third-order valence-electron chi connectivity index (χ3n) is 6.37. The minimum absolute atomic E-state index is 0.0136. The Morgan fingerprint density at radius 2 is 1.71 bits per heavy atom. The number of allylic oxidation sites excluding steroid dienone is 2. The number of aryl methyl sites for hydroxylation is 1. The second-order valence-corrected chi connectivity index (χ2v) is 9.88. The van der Waals surface area contributed by atoms with Crippen LogP contribution in [0, 0.1) is 69.0 Å². The molecular weight excluding hydrogens is 410 g/mol. The molecule has 1 saturated heterocycles. The summed E-state index contributed by atoms with van der Waals surface area (Å²) in [5.74, 6) is -0.734. The van der Waals surface area contributed by atoms with Crippen molar-refractivity contribution in [2.45, 2.75) is 31.1 Å². The summed E-state index contributed by atoms with van der Waals surface area (Å²) in [4.78, 5) is 0.170. The molecule has 31 heavy (non-hydrogen) atoms. The van der Waals surface area contributed by atoms with Crippen LogP contribution in [0.15, 0.2) is 53.0 Å². The third kappa shape index (κ3) is 3.22. The summed E-state index contributed by atoms with van der Waals surface area (Å²) >= 11 is 0. The number of fused-ring (bicyclic) bond motifs is 1. The van der Waals surface area contributed by atoms with Gasteiger partial charge in [-0.3, -0.25) is 0 Å². The highest BCUT2D eigenvalue weighted by Gasteiger charge is 2.63. The van der Waals surface area contributed by atoms with Gasteiger partial charge < -0.3 is 0 Å². The van der Waals surface area contributed by atoms with E-state index in [1.807, 2.05) is 31.2 Å². The quantitative estimate of drug-likeness (QED) is 0.721. The molecule has 0 amide bonds. The van der Waals surface area contributed by atoms with Crippen LogP contribution in [0.3, 0.4) is 0 Å². The average Bonchev–Trinajstić information content (AvgIpc) is 3.02. The van der Waals surface area contributed by atoms with Crippen molar-refractivity contribution in [1.82, 2.24) is 4.31 Å². The number of sulfonamides is 1. The Hall–Kier alpha value is -3.43. The molecule has 3 rings (SSSR count). The van der Waals surface area contributed by atoms with Crippen LogP contribution in [-0.2, 0) is 10.0 Å². The summed E-state index contributed by atoms with van der Waals surface area (Å²) < 4.78 is 28.0. The second kappa shape index (κ2) is 8.01. The van der Waals surface area contributed by atoms with Crippen molar-refractivity contribution in [1.29, 1.82) is 21.0 Å². The first-order valence-corrected chi connectivity index (χ1v) is 11.3. The fourth-order valence-corrected chi connectivity index (χ4v) is 6.04. The van der Waals surface area contributed by atoms with Gasteiger partial charge in [0.15, 0.2) is 10.8 Å². The monoisotopic (exact) mass is 431 g/mol. The van der Waals surface area contributed by atoms with Gasteiger partial charge in [0.05, 0.1) is 29.2 Å². The first kappa shape index (κ1) is 22.3. The van der Waals surface area contributed by atoms with Gasteiger partial charge in [-0.2, -0.15) is 25.4 Å². The Kier molecular flexibility index (Phi) is 5.75. The number of rotatable bonds is 3. The van der Waals surface area contributed by atoms with Gasteiger partial charge in [0.1, 0.15) is 0 Å². The van der Waals surface area contributed by atoms with E-state index in [0.717, 1.165) is 5.56 Å². The maximum atomic E-state index is 13.3. The first-order chi connectivity index (χ1) is 14.7. The summed E-state index contributed by atoms with van der Waals surface area (Å²) in [6, 6.07) is 14.4. The Morgan fingerprint density at radius 3 is 2.23 bits per heavy atom. The Morgan fingerprint density at radius 1 is 1.10 bits per heavy atom. The van der Waals surface area contributed by atoms with E-state index < -0.39 is 26.8 Å². The number of nitriles is 4. The van der Waals surface area contributed by atoms with E-state index in [0.29, 0.717) is 24.0 Å². The van der Waals surface area contributed by atoms with E-state index in [1.54, 1.807) is 24.3 Å². The molecule has 0 saturated carbocycles. The lowest BCUT2D eigenvalue weighted by atomic mass is 9.51. The number of benzene rings is 1. The predicted octanol–water partition coefficient (Wildman–Crippen LogP) is 3.35. The predicted molar refractivity (Wildman–Crippen MR) is 112 cm³/mol. The lowest BCUT2D eigenvalue weighted by molar-refractivity contribution is 0.187. The molecule has 0 N–H and O–H groups in total. The highest BCUT2D eigenvalue weighted by atomic mass is 32.2. The van der Waals surface area contributed by atoms with Crippen LogP contribution in [-0.4, -0.2) is 25.8 Å². The average molecular weight is 432 g/mol. The van der Waals surface area contributed by atoms with Crippen LogP contribution in [0.2, 0.25) is 0 Å². The molecular formula is C23H21N5O2S. The van der Waals surface area contributed by atoms with Crippen molar-refractivity contribution in [2.24, 2.45) is 16.7 Å². The first-order valence-electron chi connectivity index (χ1n) is 9.81. The molecule has 1 fully saturated rings. The van der Waals surface area contributed by atoms with E-state index in [-0.39, 0.29) is 24.4 Å². The molecule has 0 spiro atoms. The molecule has 0 aromatic heterocycles. The minimum Gasteiger partial charge on any atom is -0.207 e. The van der Waals surface area contributed by atoms with Crippen LogP contribution in [0.5, 0.6) is 0 Å². The van der Waals surface area contributed by atoms with Gasteiger partial charge in [-0.25, -0.2) is 8.42 Å². The number of hydrogen-bond acceptors (Lipinski definition) is 6. The van der Waals surface area contributed by atoms with Crippen molar-refractivity contribution in [2.75, 3.05) is 13.1 Å². The van der Waals surface area contributed by atoms with Crippen molar-refractivity contribution >= 4 is 10.0 Å². The van der Waals surface area contributed by atoms with Gasteiger partial charge in [-0.15, -0.1) is 0 Å². The van der Waals surface area contributed by atoms with E-state index in [4.69, 9.17) is 0 Å². The Bertz CT molecular complexity index is 1190. The van der Waals surface area contributed by atoms with E-state index in [9.17, 15) is 29.5 Å². The topological polar surface area (TPSA) is 133 Å². The summed E-state index contributed by atoms with van der Waals surface area (Å²) in [5.41, 5.74) is -1.65. The molecule has 1 atom stereocenters. The highest BCUT2D eigenvalue weighted by molar-refractivity contribution is 7.89. The van der Waals surface area contributed by atoms with Crippen molar-refractivity contribution in [3.63, 3.8) is 0 Å². The van der Waals surface area contributed by atoms with Crippen molar-refractivity contribution in [3.8, 4) is 24.3 Å². The molecule has 0 radical (unpaired) electrons. The molecule has 1 heterocycles. The van der Waals surface area contributed by atoms with Crippen LogP contribution < -0.4 is 0 Å². The lowest BCUT2D eigenvalue weighted by Crippen LogP contribution is -2.49. The lowest BCUT2D eigenvalue weighted by Gasteiger charge is -2.43. The van der Waals surface area contributed by atoms with Crippen LogP contribution in [0.4, 0.5) is 0 Å². The van der Waals surface area contributed by atoms with Crippen molar-refractivity contribution < 1.29 is 8.42 Å². The zero-order chi connectivity index (χ0) is 22.9. The molecule has 2 aliphatic rings. The zero-order valence-electron chi connectivity index (χ0n) is 17.2. The molecule has 8 heteroatoms.